The number of hydrogen-bond acceptors (Lipinski definition) is 4. The molecule has 2 unspecified atom stereocenters. The smallest absolute Gasteiger partial charge is 0.226 e. The highest BCUT2D eigenvalue weighted by molar-refractivity contribution is 5.93. The van der Waals surface area contributed by atoms with E-state index >= 15 is 0 Å². The van der Waals surface area contributed by atoms with Gasteiger partial charge in [0.25, 0.3) is 0 Å². The minimum Gasteiger partial charge on any atom is -0.332 e. The Morgan fingerprint density at radius 2 is 1.88 bits per heavy atom. The number of amides is 1. The quantitative estimate of drug-likeness (QED) is 0.684. The number of carbonyl (C=O) groups excluding carboxylic acids is 3. The number of likely N-dealkylation sites (N-methyl/N-ethyl adjacent to an activating group) is 1. The zero-order valence-electron chi connectivity index (χ0n) is 16.9. The Hall–Kier alpha value is -1.23. The lowest BCUT2D eigenvalue weighted by atomic mass is 9.90. The summed E-state index contributed by atoms with van der Waals surface area (Å²) < 4.78 is 0. The van der Waals surface area contributed by atoms with Crippen molar-refractivity contribution in [2.45, 2.75) is 71.9 Å². The van der Waals surface area contributed by atoms with E-state index in [9.17, 15) is 14.4 Å². The first-order valence-corrected chi connectivity index (χ1v) is 10.2. The maximum atomic E-state index is 13.3. The summed E-state index contributed by atoms with van der Waals surface area (Å²) in [6.07, 6.45) is 4.15. The van der Waals surface area contributed by atoms with E-state index < -0.39 is 0 Å². The van der Waals surface area contributed by atoms with Crippen LogP contribution < -0.4 is 5.32 Å². The van der Waals surface area contributed by atoms with Crippen LogP contribution in [-0.4, -0.2) is 48.0 Å². The van der Waals surface area contributed by atoms with Crippen LogP contribution in [0.3, 0.4) is 0 Å². The molecule has 1 aliphatic heterocycles. The number of Topliss-reactive ketones (excluding diaryl/α,β-unsaturated/α-hetero) is 2. The van der Waals surface area contributed by atoms with Crippen molar-refractivity contribution >= 4 is 17.5 Å². The average molecular weight is 363 g/mol. The molecule has 0 aromatic carbocycles. The summed E-state index contributed by atoms with van der Waals surface area (Å²) in [7, 11) is 1.80. The Balaban J connectivity index is 1.73. The third-order valence-electron chi connectivity index (χ3n) is 7.17. The highest BCUT2D eigenvalue weighted by Crippen LogP contribution is 2.65. The average Bonchev–Trinajstić information content (AvgIpc) is 3.42. The second-order valence-corrected chi connectivity index (χ2v) is 9.30. The third-order valence-corrected chi connectivity index (χ3v) is 7.17. The van der Waals surface area contributed by atoms with Crippen LogP contribution in [-0.2, 0) is 14.4 Å². The molecule has 3 aliphatic rings. The van der Waals surface area contributed by atoms with Crippen molar-refractivity contribution in [2.24, 2.45) is 29.1 Å². The molecule has 1 saturated heterocycles. The number of nitrogens with zero attached hydrogens (tertiary/aromatic N) is 1. The van der Waals surface area contributed by atoms with Crippen molar-refractivity contribution in [1.82, 2.24) is 10.2 Å². The Morgan fingerprint density at radius 1 is 1.23 bits per heavy atom. The Kier molecular flexibility index (Phi) is 5.31. The molecule has 1 heterocycles. The molecule has 26 heavy (non-hydrogen) atoms. The van der Waals surface area contributed by atoms with Gasteiger partial charge in [0, 0.05) is 18.9 Å². The zero-order chi connectivity index (χ0) is 19.2. The number of ketones is 2. The lowest BCUT2D eigenvalue weighted by Gasteiger charge is -2.32. The van der Waals surface area contributed by atoms with Crippen molar-refractivity contribution in [2.75, 3.05) is 13.6 Å². The molecule has 5 nitrogen and oxygen atoms in total. The van der Waals surface area contributed by atoms with Crippen LogP contribution in [0.2, 0.25) is 0 Å². The summed E-state index contributed by atoms with van der Waals surface area (Å²) in [5, 5.41) is 3.06. The van der Waals surface area contributed by atoms with E-state index in [1.807, 2.05) is 11.8 Å². The summed E-state index contributed by atoms with van der Waals surface area (Å²) >= 11 is 0. The SMILES string of the molecule is CC[C@H](NC)C(=O)C[C@@H](CC1CC1)C(=O)N1CC2C([C@H]1C(C)=O)C2(C)C. The van der Waals surface area contributed by atoms with E-state index in [-0.39, 0.29) is 40.9 Å². The van der Waals surface area contributed by atoms with Gasteiger partial charge in [0.05, 0.1) is 12.1 Å². The highest BCUT2D eigenvalue weighted by atomic mass is 16.2. The van der Waals surface area contributed by atoms with Gasteiger partial charge in [-0.05, 0) is 50.0 Å². The number of carbonyl (C=O) groups is 3. The van der Waals surface area contributed by atoms with Crippen LogP contribution in [0.5, 0.6) is 0 Å². The van der Waals surface area contributed by atoms with Gasteiger partial charge in [0.15, 0.2) is 11.6 Å². The van der Waals surface area contributed by atoms with Gasteiger partial charge in [-0.25, -0.2) is 0 Å². The van der Waals surface area contributed by atoms with Crippen LogP contribution in [0.1, 0.15) is 59.8 Å². The van der Waals surface area contributed by atoms with Gasteiger partial charge in [-0.2, -0.15) is 0 Å². The molecule has 2 aliphatic carbocycles. The van der Waals surface area contributed by atoms with Gasteiger partial charge in [-0.3, -0.25) is 14.4 Å². The number of nitrogens with one attached hydrogen (secondary N) is 1. The van der Waals surface area contributed by atoms with Crippen molar-refractivity contribution in [3.05, 3.63) is 0 Å². The Labute approximate surface area is 157 Å². The van der Waals surface area contributed by atoms with Crippen LogP contribution in [0.15, 0.2) is 0 Å². The summed E-state index contributed by atoms with van der Waals surface area (Å²) in [5.41, 5.74) is 0.161. The fraction of sp³-hybridized carbons (Fsp3) is 0.857. The molecule has 3 rings (SSSR count). The monoisotopic (exact) mass is 362 g/mol. The van der Waals surface area contributed by atoms with Crippen molar-refractivity contribution < 1.29 is 14.4 Å². The molecule has 1 amide bonds. The largest absolute Gasteiger partial charge is 0.332 e. The topological polar surface area (TPSA) is 66.5 Å². The van der Waals surface area contributed by atoms with Crippen molar-refractivity contribution in [1.29, 1.82) is 0 Å². The van der Waals surface area contributed by atoms with Crippen molar-refractivity contribution in [3.8, 4) is 0 Å². The molecule has 0 radical (unpaired) electrons. The normalized spacial score (nSPS) is 31.3. The standard InChI is InChI=1S/C21H34N2O3/c1-6-16(22-5)17(25)10-14(9-13-7-8-13)20(26)23-11-15-18(21(15,3)4)19(23)12(2)24/h13-16,18-19,22H,6-11H2,1-5H3/t14-,15?,16+,18?,19-/m1/s1. The fourth-order valence-electron chi connectivity index (χ4n) is 5.22. The molecule has 3 fully saturated rings. The summed E-state index contributed by atoms with van der Waals surface area (Å²) in [4.78, 5) is 40.1. The van der Waals surface area contributed by atoms with E-state index in [0.29, 0.717) is 30.7 Å². The van der Waals surface area contributed by atoms with Gasteiger partial charge >= 0.3 is 0 Å². The highest BCUT2D eigenvalue weighted by Gasteiger charge is 2.68. The lowest BCUT2D eigenvalue weighted by molar-refractivity contribution is -0.144. The van der Waals surface area contributed by atoms with Crippen LogP contribution in [0.25, 0.3) is 0 Å². The lowest BCUT2D eigenvalue weighted by Crippen LogP contribution is -2.48. The first-order valence-electron chi connectivity index (χ1n) is 10.2. The summed E-state index contributed by atoms with van der Waals surface area (Å²) in [6, 6.07) is -0.468. The number of rotatable bonds is 9. The molecule has 0 aromatic heterocycles. The van der Waals surface area contributed by atoms with E-state index in [4.69, 9.17) is 0 Å². The molecule has 0 aromatic rings. The van der Waals surface area contributed by atoms with Crippen LogP contribution in [0.4, 0.5) is 0 Å². The number of likely N-dealkylation sites (tertiary alicyclic amines) is 1. The third kappa shape index (κ3) is 3.47. The molecule has 0 spiro atoms. The maximum Gasteiger partial charge on any atom is 0.226 e. The predicted molar refractivity (Wildman–Crippen MR) is 101 cm³/mol. The van der Waals surface area contributed by atoms with Crippen LogP contribution in [0, 0.1) is 29.1 Å². The van der Waals surface area contributed by atoms with E-state index in [0.717, 1.165) is 25.7 Å². The molecule has 1 N–H and O–H groups in total. The number of piperidine rings is 1. The molecule has 5 heteroatoms. The Bertz CT molecular complexity index is 592. The molecule has 2 saturated carbocycles. The van der Waals surface area contributed by atoms with Gasteiger partial charge in [-0.1, -0.05) is 33.6 Å². The molecular formula is C21H34N2O3. The van der Waals surface area contributed by atoms with Crippen molar-refractivity contribution in [3.63, 3.8) is 0 Å². The second kappa shape index (κ2) is 7.06. The van der Waals surface area contributed by atoms with Gasteiger partial charge in [0.2, 0.25) is 5.91 Å². The fourth-order valence-corrected chi connectivity index (χ4v) is 5.22. The molecular weight excluding hydrogens is 328 g/mol. The van der Waals surface area contributed by atoms with Crippen LogP contribution >= 0.6 is 0 Å². The zero-order valence-corrected chi connectivity index (χ0v) is 16.9. The number of hydrogen-bond donors (Lipinski definition) is 1. The van der Waals surface area contributed by atoms with Gasteiger partial charge in [0.1, 0.15) is 0 Å². The van der Waals surface area contributed by atoms with Gasteiger partial charge < -0.3 is 10.2 Å². The van der Waals surface area contributed by atoms with Gasteiger partial charge in [-0.15, -0.1) is 0 Å². The van der Waals surface area contributed by atoms with E-state index in [1.54, 1.807) is 14.0 Å². The first kappa shape index (κ1) is 19.5. The van der Waals surface area contributed by atoms with E-state index in [1.165, 1.54) is 0 Å². The minimum atomic E-state index is -0.287. The molecule has 5 atom stereocenters. The second-order valence-electron chi connectivity index (χ2n) is 9.30. The molecule has 146 valence electrons. The predicted octanol–water partition coefficient (Wildman–Crippen LogP) is 2.43. The van der Waals surface area contributed by atoms with E-state index in [2.05, 4.69) is 19.2 Å². The Morgan fingerprint density at radius 3 is 2.38 bits per heavy atom. The first-order chi connectivity index (χ1) is 12.2. The summed E-state index contributed by atoms with van der Waals surface area (Å²) in [5.74, 6) is 1.29. The number of fused-ring (bicyclic) bond motifs is 1. The summed E-state index contributed by atoms with van der Waals surface area (Å²) in [6.45, 7) is 8.67. The molecule has 0 bridgehead atoms. The minimum absolute atomic E-state index is 0.0411. The maximum absolute atomic E-state index is 13.3.